The maximum atomic E-state index is 11.8. The van der Waals surface area contributed by atoms with Crippen LogP contribution in [0.25, 0.3) is 22.1 Å². The maximum Gasteiger partial charge on any atom is 0.371 e. The molecule has 0 spiro atoms. The van der Waals surface area contributed by atoms with Crippen LogP contribution in [0.4, 0.5) is 0 Å². The van der Waals surface area contributed by atoms with Gasteiger partial charge < -0.3 is 33.6 Å². The zero-order chi connectivity index (χ0) is 21.3. The molecule has 9 nitrogen and oxygen atoms in total. The fraction of sp³-hybridized carbons (Fsp3) is 0.200. The minimum Gasteiger partial charge on any atom is -0.493 e. The molecule has 3 aromatic rings. The molecular weight excluding hydrogens is 384 g/mol. The third-order valence-corrected chi connectivity index (χ3v) is 4.36. The van der Waals surface area contributed by atoms with Crippen molar-refractivity contribution in [1.29, 1.82) is 0 Å². The summed E-state index contributed by atoms with van der Waals surface area (Å²) in [4.78, 5) is 23.0. The number of hydrogen-bond acceptors (Lipinski definition) is 7. The Balaban J connectivity index is 2.37. The molecule has 2 N–H and O–H groups in total. The predicted octanol–water partition coefficient (Wildman–Crippen LogP) is 3.53. The lowest BCUT2D eigenvalue weighted by atomic mass is 9.98. The van der Waals surface area contributed by atoms with E-state index >= 15 is 0 Å². The van der Waals surface area contributed by atoms with Crippen molar-refractivity contribution in [1.82, 2.24) is 0 Å². The van der Waals surface area contributed by atoms with Gasteiger partial charge in [-0.15, -0.1) is 0 Å². The van der Waals surface area contributed by atoms with Crippen LogP contribution in [0.15, 0.2) is 28.7 Å². The molecular formula is C20H18O9. The Morgan fingerprint density at radius 1 is 0.793 bits per heavy atom. The molecule has 152 valence electrons. The maximum absolute atomic E-state index is 11.8. The molecule has 0 amide bonds. The standard InChI is InChI=1S/C20H18O9/c1-25-13-6-9(5-10-7-14(20(23)24)29-15(10)13)11-8-12(19(21)22)17(27-3)18(28-4)16(11)26-2/h5-8H,1-4H3,(H,21,22)(H,23,24). The highest BCUT2D eigenvalue weighted by atomic mass is 16.5. The topological polar surface area (TPSA) is 125 Å². The lowest BCUT2D eigenvalue weighted by Crippen LogP contribution is -2.05. The number of furan rings is 1. The van der Waals surface area contributed by atoms with Gasteiger partial charge in [0.1, 0.15) is 5.56 Å². The van der Waals surface area contributed by atoms with Gasteiger partial charge in [-0.1, -0.05) is 0 Å². The Bertz CT molecular complexity index is 1110. The SMILES string of the molecule is COc1c(C(=O)O)cc(-c2cc(OC)c3oc(C(=O)O)cc3c2)c(OC)c1OC. The summed E-state index contributed by atoms with van der Waals surface area (Å²) >= 11 is 0. The smallest absolute Gasteiger partial charge is 0.371 e. The third kappa shape index (κ3) is 3.27. The first-order valence-electron chi connectivity index (χ1n) is 8.27. The minimum absolute atomic E-state index is 0.0186. The van der Waals surface area contributed by atoms with Gasteiger partial charge in [0.2, 0.25) is 11.5 Å². The van der Waals surface area contributed by atoms with Gasteiger partial charge >= 0.3 is 11.9 Å². The van der Waals surface area contributed by atoms with Crippen LogP contribution >= 0.6 is 0 Å². The van der Waals surface area contributed by atoms with Crippen LogP contribution < -0.4 is 18.9 Å². The molecule has 0 aliphatic carbocycles. The summed E-state index contributed by atoms with van der Waals surface area (Å²) in [7, 11) is 5.53. The molecule has 0 radical (unpaired) electrons. The van der Waals surface area contributed by atoms with E-state index < -0.39 is 11.9 Å². The van der Waals surface area contributed by atoms with E-state index in [0.717, 1.165) is 0 Å². The van der Waals surface area contributed by atoms with Crippen LogP contribution in [0.3, 0.4) is 0 Å². The average Bonchev–Trinajstić information content (AvgIpc) is 3.15. The predicted molar refractivity (Wildman–Crippen MR) is 102 cm³/mol. The molecule has 0 unspecified atom stereocenters. The Labute approximate surface area is 165 Å². The van der Waals surface area contributed by atoms with Crippen molar-refractivity contribution in [3.8, 4) is 34.1 Å². The summed E-state index contributed by atoms with van der Waals surface area (Å²) in [5.41, 5.74) is 1.03. The molecule has 2 aromatic carbocycles. The number of benzene rings is 2. The third-order valence-electron chi connectivity index (χ3n) is 4.36. The number of rotatable bonds is 7. The van der Waals surface area contributed by atoms with Gasteiger partial charge in [0.15, 0.2) is 22.8 Å². The van der Waals surface area contributed by atoms with E-state index in [9.17, 15) is 19.8 Å². The lowest BCUT2D eigenvalue weighted by molar-refractivity contribution is 0.0661. The molecule has 0 aliphatic heterocycles. The molecule has 29 heavy (non-hydrogen) atoms. The summed E-state index contributed by atoms with van der Waals surface area (Å²) in [5, 5.41) is 19.3. The lowest BCUT2D eigenvalue weighted by Gasteiger charge is -2.18. The monoisotopic (exact) mass is 402 g/mol. The molecule has 0 bridgehead atoms. The second-order valence-electron chi connectivity index (χ2n) is 5.89. The number of carbonyl (C=O) groups is 2. The first-order valence-corrected chi connectivity index (χ1v) is 8.27. The zero-order valence-corrected chi connectivity index (χ0v) is 16.1. The van der Waals surface area contributed by atoms with E-state index in [0.29, 0.717) is 16.5 Å². The van der Waals surface area contributed by atoms with Crippen LogP contribution in [0.5, 0.6) is 23.0 Å². The van der Waals surface area contributed by atoms with Crippen LogP contribution in [0.2, 0.25) is 0 Å². The van der Waals surface area contributed by atoms with E-state index in [2.05, 4.69) is 0 Å². The Kier molecular flexibility index (Phi) is 5.22. The number of aromatic carboxylic acids is 2. The van der Waals surface area contributed by atoms with Gasteiger partial charge in [0.25, 0.3) is 0 Å². The first kappa shape index (κ1) is 19.9. The second-order valence-corrected chi connectivity index (χ2v) is 5.89. The van der Waals surface area contributed by atoms with Crippen molar-refractivity contribution < 1.29 is 43.2 Å². The van der Waals surface area contributed by atoms with Crippen molar-refractivity contribution >= 4 is 22.9 Å². The van der Waals surface area contributed by atoms with E-state index in [1.807, 2.05) is 0 Å². The summed E-state index contributed by atoms with van der Waals surface area (Å²) in [6, 6.07) is 5.98. The first-order chi connectivity index (χ1) is 13.9. The number of methoxy groups -OCH3 is 4. The molecule has 0 saturated carbocycles. The van der Waals surface area contributed by atoms with Gasteiger partial charge in [-0.3, -0.25) is 0 Å². The molecule has 0 fully saturated rings. The van der Waals surface area contributed by atoms with Crippen molar-refractivity contribution in [2.75, 3.05) is 28.4 Å². The Morgan fingerprint density at radius 2 is 1.45 bits per heavy atom. The van der Waals surface area contributed by atoms with Crippen molar-refractivity contribution in [3.63, 3.8) is 0 Å². The Morgan fingerprint density at radius 3 is 1.97 bits per heavy atom. The van der Waals surface area contributed by atoms with Crippen LogP contribution in [0, 0.1) is 0 Å². The molecule has 3 rings (SSSR count). The Hall–Kier alpha value is -3.88. The van der Waals surface area contributed by atoms with Crippen molar-refractivity contribution in [2.45, 2.75) is 0 Å². The van der Waals surface area contributed by atoms with Crippen molar-refractivity contribution in [2.24, 2.45) is 0 Å². The minimum atomic E-state index is -1.22. The van der Waals surface area contributed by atoms with Crippen molar-refractivity contribution in [3.05, 3.63) is 35.6 Å². The number of fused-ring (bicyclic) bond motifs is 1. The van der Waals surface area contributed by atoms with Crippen LogP contribution in [0.1, 0.15) is 20.9 Å². The molecule has 9 heteroatoms. The molecule has 0 saturated heterocycles. The van der Waals surface area contributed by atoms with E-state index in [1.165, 1.54) is 40.6 Å². The van der Waals surface area contributed by atoms with Gasteiger partial charge in [-0.2, -0.15) is 0 Å². The van der Waals surface area contributed by atoms with E-state index in [-0.39, 0.29) is 39.9 Å². The fourth-order valence-electron chi connectivity index (χ4n) is 3.12. The van der Waals surface area contributed by atoms with Crippen LogP contribution in [-0.2, 0) is 0 Å². The van der Waals surface area contributed by atoms with Gasteiger partial charge in [0.05, 0.1) is 28.4 Å². The van der Waals surface area contributed by atoms with Gasteiger partial charge in [0, 0.05) is 10.9 Å². The molecule has 0 aliphatic rings. The van der Waals surface area contributed by atoms with Gasteiger partial charge in [-0.05, 0) is 29.8 Å². The van der Waals surface area contributed by atoms with E-state index in [4.69, 9.17) is 23.4 Å². The summed E-state index contributed by atoms with van der Waals surface area (Å²) in [6.07, 6.45) is 0. The summed E-state index contributed by atoms with van der Waals surface area (Å²) in [6.45, 7) is 0. The zero-order valence-electron chi connectivity index (χ0n) is 16.1. The number of hydrogen-bond donors (Lipinski definition) is 2. The molecule has 1 aromatic heterocycles. The highest BCUT2D eigenvalue weighted by molar-refractivity contribution is 5.99. The molecule has 1 heterocycles. The molecule has 0 atom stereocenters. The normalized spacial score (nSPS) is 10.6. The highest BCUT2D eigenvalue weighted by Crippen LogP contribution is 2.48. The largest absolute Gasteiger partial charge is 0.493 e. The fourth-order valence-corrected chi connectivity index (χ4v) is 3.12. The highest BCUT2D eigenvalue weighted by Gasteiger charge is 2.26. The summed E-state index contributed by atoms with van der Waals surface area (Å²) < 4.78 is 26.7. The number of carboxylic acid groups (broad SMARTS) is 2. The second kappa shape index (κ2) is 7.63. The van der Waals surface area contributed by atoms with E-state index in [1.54, 1.807) is 12.1 Å². The van der Waals surface area contributed by atoms with Gasteiger partial charge in [-0.25, -0.2) is 9.59 Å². The van der Waals surface area contributed by atoms with Crippen LogP contribution in [-0.4, -0.2) is 50.6 Å². The number of ether oxygens (including phenoxy) is 4. The quantitative estimate of drug-likeness (QED) is 0.610. The summed E-state index contributed by atoms with van der Waals surface area (Å²) in [5.74, 6) is -2.03. The number of carboxylic acids is 2. The average molecular weight is 402 g/mol.